The lowest BCUT2D eigenvalue weighted by Crippen LogP contribution is -2.32. The van der Waals surface area contributed by atoms with Crippen LogP contribution in [0.3, 0.4) is 0 Å². The minimum absolute atomic E-state index is 0.0279. The molecule has 0 saturated heterocycles. The number of nitrogens with two attached hydrogens (primary N) is 2. The number of benzene rings is 3. The monoisotopic (exact) mass is 390 g/mol. The SMILES string of the molecule is N/C(=N\C(=O)c1ccc(C[C@H](N)C(=O)O)cc1)NCc1ccc2ccccc2c1. The van der Waals surface area contributed by atoms with Gasteiger partial charge >= 0.3 is 5.97 Å². The van der Waals surface area contributed by atoms with E-state index in [4.69, 9.17) is 16.6 Å². The van der Waals surface area contributed by atoms with Crippen molar-refractivity contribution in [3.05, 3.63) is 83.4 Å². The Labute approximate surface area is 168 Å². The Hall–Kier alpha value is -3.71. The summed E-state index contributed by atoms with van der Waals surface area (Å²) in [5.74, 6) is -1.53. The molecular weight excluding hydrogens is 368 g/mol. The van der Waals surface area contributed by atoms with E-state index < -0.39 is 17.9 Å². The number of nitrogens with one attached hydrogen (secondary N) is 1. The quantitative estimate of drug-likeness (QED) is 0.376. The predicted molar refractivity (Wildman–Crippen MR) is 112 cm³/mol. The molecule has 0 aromatic heterocycles. The highest BCUT2D eigenvalue weighted by atomic mass is 16.4. The Kier molecular flexibility index (Phi) is 6.21. The Morgan fingerprint density at radius 3 is 2.31 bits per heavy atom. The number of aliphatic imine (C=N–C) groups is 1. The second-order valence-electron chi connectivity index (χ2n) is 6.68. The van der Waals surface area contributed by atoms with Gasteiger partial charge in [0.05, 0.1) is 0 Å². The molecule has 1 atom stereocenters. The van der Waals surface area contributed by atoms with E-state index in [0.29, 0.717) is 12.1 Å². The summed E-state index contributed by atoms with van der Waals surface area (Å²) in [5.41, 5.74) is 13.5. The molecule has 0 spiro atoms. The molecule has 7 nitrogen and oxygen atoms in total. The minimum Gasteiger partial charge on any atom is -0.480 e. The molecule has 7 heteroatoms. The smallest absolute Gasteiger partial charge is 0.320 e. The molecule has 3 rings (SSSR count). The van der Waals surface area contributed by atoms with E-state index in [1.807, 2.05) is 36.4 Å². The summed E-state index contributed by atoms with van der Waals surface area (Å²) in [6, 6.07) is 19.6. The average Bonchev–Trinajstić information content (AvgIpc) is 2.72. The van der Waals surface area contributed by atoms with Gasteiger partial charge in [-0.25, -0.2) is 0 Å². The minimum atomic E-state index is -1.07. The van der Waals surface area contributed by atoms with Crippen LogP contribution in [0.4, 0.5) is 0 Å². The molecule has 29 heavy (non-hydrogen) atoms. The molecule has 0 saturated carbocycles. The second-order valence-corrected chi connectivity index (χ2v) is 6.68. The lowest BCUT2D eigenvalue weighted by Gasteiger charge is -2.08. The fraction of sp³-hybridized carbons (Fsp3) is 0.136. The van der Waals surface area contributed by atoms with E-state index >= 15 is 0 Å². The third-order valence-corrected chi connectivity index (χ3v) is 4.48. The normalized spacial score (nSPS) is 12.5. The number of rotatable bonds is 6. The van der Waals surface area contributed by atoms with Crippen molar-refractivity contribution in [2.24, 2.45) is 16.5 Å². The highest BCUT2D eigenvalue weighted by molar-refractivity contribution is 6.02. The first-order chi connectivity index (χ1) is 13.9. The summed E-state index contributed by atoms with van der Waals surface area (Å²) in [6.07, 6.45) is 0.183. The molecule has 0 radical (unpaired) electrons. The highest BCUT2D eigenvalue weighted by Crippen LogP contribution is 2.15. The Balaban J connectivity index is 1.59. The molecule has 3 aromatic carbocycles. The van der Waals surface area contributed by atoms with Crippen LogP contribution in [0.25, 0.3) is 10.8 Å². The van der Waals surface area contributed by atoms with Crippen LogP contribution in [0.5, 0.6) is 0 Å². The lowest BCUT2D eigenvalue weighted by atomic mass is 10.0. The summed E-state index contributed by atoms with van der Waals surface area (Å²) in [6.45, 7) is 0.444. The maximum Gasteiger partial charge on any atom is 0.320 e. The van der Waals surface area contributed by atoms with Crippen LogP contribution in [-0.2, 0) is 17.8 Å². The summed E-state index contributed by atoms with van der Waals surface area (Å²) in [5, 5.41) is 14.1. The zero-order valence-electron chi connectivity index (χ0n) is 15.7. The molecule has 0 fully saturated rings. The molecule has 3 aromatic rings. The lowest BCUT2D eigenvalue weighted by molar-refractivity contribution is -0.138. The molecule has 0 unspecified atom stereocenters. The van der Waals surface area contributed by atoms with E-state index in [2.05, 4.69) is 16.4 Å². The maximum atomic E-state index is 12.3. The van der Waals surface area contributed by atoms with Gasteiger partial charge in [-0.15, -0.1) is 0 Å². The fourth-order valence-corrected chi connectivity index (χ4v) is 2.88. The first kappa shape index (κ1) is 20.0. The third-order valence-electron chi connectivity index (χ3n) is 4.48. The van der Waals surface area contributed by atoms with Gasteiger partial charge in [-0.05, 0) is 46.5 Å². The number of carbonyl (C=O) groups is 2. The molecule has 0 heterocycles. The van der Waals surface area contributed by atoms with Crippen LogP contribution in [-0.4, -0.2) is 29.0 Å². The van der Waals surface area contributed by atoms with Crippen molar-refractivity contribution in [2.45, 2.75) is 19.0 Å². The van der Waals surface area contributed by atoms with Gasteiger partial charge in [-0.1, -0.05) is 48.5 Å². The summed E-state index contributed by atoms with van der Waals surface area (Å²) < 4.78 is 0. The number of carbonyl (C=O) groups excluding carboxylic acids is 1. The van der Waals surface area contributed by atoms with Crippen molar-refractivity contribution in [1.29, 1.82) is 0 Å². The number of nitrogens with zero attached hydrogens (tertiary/aromatic N) is 1. The zero-order chi connectivity index (χ0) is 20.8. The maximum absolute atomic E-state index is 12.3. The second kappa shape index (κ2) is 8.99. The topological polar surface area (TPSA) is 131 Å². The number of amides is 1. The van der Waals surface area contributed by atoms with Crippen molar-refractivity contribution in [3.63, 3.8) is 0 Å². The van der Waals surface area contributed by atoms with Crippen LogP contribution >= 0.6 is 0 Å². The van der Waals surface area contributed by atoms with E-state index in [-0.39, 0.29) is 12.4 Å². The Morgan fingerprint density at radius 2 is 1.62 bits per heavy atom. The van der Waals surface area contributed by atoms with Gasteiger partial charge in [0.25, 0.3) is 5.91 Å². The van der Waals surface area contributed by atoms with Crippen LogP contribution in [0.1, 0.15) is 21.5 Å². The van der Waals surface area contributed by atoms with Gasteiger partial charge in [0, 0.05) is 12.1 Å². The number of carboxylic acids is 1. The average molecular weight is 390 g/mol. The summed E-state index contributed by atoms with van der Waals surface area (Å²) >= 11 is 0. The Morgan fingerprint density at radius 1 is 0.966 bits per heavy atom. The van der Waals surface area contributed by atoms with Crippen molar-refractivity contribution in [3.8, 4) is 0 Å². The molecule has 1 amide bonds. The van der Waals surface area contributed by atoms with Crippen LogP contribution in [0, 0.1) is 0 Å². The van der Waals surface area contributed by atoms with Crippen molar-refractivity contribution in [1.82, 2.24) is 5.32 Å². The van der Waals surface area contributed by atoms with Crippen LogP contribution in [0.2, 0.25) is 0 Å². The van der Waals surface area contributed by atoms with Crippen molar-refractivity contribution < 1.29 is 14.7 Å². The number of guanidine groups is 1. The molecule has 0 aliphatic carbocycles. The standard InChI is InChI=1S/C22H22N4O3/c23-19(21(28)29)12-14-5-9-17(10-6-14)20(27)26-22(24)25-13-15-7-8-16-3-1-2-4-18(16)11-15/h1-11,19H,12-13,23H2,(H,28,29)(H3,24,25,26,27)/t19-/m0/s1. The molecule has 0 aliphatic heterocycles. The summed E-state index contributed by atoms with van der Waals surface area (Å²) in [4.78, 5) is 26.9. The Bertz CT molecular complexity index is 1060. The largest absolute Gasteiger partial charge is 0.480 e. The zero-order valence-corrected chi connectivity index (χ0v) is 15.7. The van der Waals surface area contributed by atoms with Crippen LogP contribution < -0.4 is 16.8 Å². The first-order valence-electron chi connectivity index (χ1n) is 9.10. The molecule has 0 bridgehead atoms. The van der Waals surface area contributed by atoms with Crippen molar-refractivity contribution >= 4 is 28.6 Å². The highest BCUT2D eigenvalue weighted by Gasteiger charge is 2.12. The van der Waals surface area contributed by atoms with E-state index in [0.717, 1.165) is 21.9 Å². The number of fused-ring (bicyclic) bond motifs is 1. The van der Waals surface area contributed by atoms with Crippen molar-refractivity contribution in [2.75, 3.05) is 0 Å². The summed E-state index contributed by atoms with van der Waals surface area (Å²) in [7, 11) is 0. The van der Waals surface area contributed by atoms with E-state index in [9.17, 15) is 9.59 Å². The molecule has 0 aliphatic rings. The van der Waals surface area contributed by atoms with Gasteiger partial charge < -0.3 is 21.9 Å². The third kappa shape index (κ3) is 5.40. The number of carboxylic acid groups (broad SMARTS) is 1. The number of aliphatic carboxylic acids is 1. The molecular formula is C22H22N4O3. The molecule has 6 N–H and O–H groups in total. The molecule has 148 valence electrons. The van der Waals surface area contributed by atoms with Gasteiger partial charge in [0.15, 0.2) is 5.96 Å². The van der Waals surface area contributed by atoms with Gasteiger partial charge in [-0.3, -0.25) is 9.59 Å². The van der Waals surface area contributed by atoms with Crippen LogP contribution in [0.15, 0.2) is 71.7 Å². The van der Waals surface area contributed by atoms with Gasteiger partial charge in [-0.2, -0.15) is 4.99 Å². The fourth-order valence-electron chi connectivity index (χ4n) is 2.88. The van der Waals surface area contributed by atoms with Gasteiger partial charge in [0.1, 0.15) is 6.04 Å². The predicted octanol–water partition coefficient (Wildman–Crippen LogP) is 2.04. The van der Waals surface area contributed by atoms with Gasteiger partial charge in [0.2, 0.25) is 0 Å². The van der Waals surface area contributed by atoms with E-state index in [1.54, 1.807) is 24.3 Å². The number of hydrogen-bond acceptors (Lipinski definition) is 3. The number of hydrogen-bond donors (Lipinski definition) is 4. The van der Waals surface area contributed by atoms with E-state index in [1.165, 1.54) is 0 Å². The first-order valence-corrected chi connectivity index (χ1v) is 9.10.